The Morgan fingerprint density at radius 2 is 2.00 bits per heavy atom. The van der Waals surface area contributed by atoms with Gasteiger partial charge >= 0.3 is 5.69 Å². The van der Waals surface area contributed by atoms with Crippen molar-refractivity contribution >= 4 is 22.8 Å². The SMILES string of the molecule is O=c1[nH]nc(N2CCn3c2nc2ccccc23)c(=O)[nH]1. The van der Waals surface area contributed by atoms with Crippen molar-refractivity contribution in [2.24, 2.45) is 0 Å². The van der Waals surface area contributed by atoms with E-state index in [1.54, 1.807) is 4.90 Å². The molecule has 100 valence electrons. The third-order valence-corrected chi connectivity index (χ3v) is 3.37. The number of fused-ring (bicyclic) bond motifs is 3. The highest BCUT2D eigenvalue weighted by Crippen LogP contribution is 2.29. The summed E-state index contributed by atoms with van der Waals surface area (Å²) in [6, 6.07) is 7.77. The summed E-state index contributed by atoms with van der Waals surface area (Å²) in [7, 11) is 0. The van der Waals surface area contributed by atoms with Crippen LogP contribution in [0.15, 0.2) is 33.9 Å². The van der Waals surface area contributed by atoms with E-state index in [1.165, 1.54) is 0 Å². The molecule has 4 rings (SSSR count). The predicted molar refractivity (Wildman–Crippen MR) is 72.2 cm³/mol. The second-order valence-corrected chi connectivity index (χ2v) is 4.53. The summed E-state index contributed by atoms with van der Waals surface area (Å²) in [5.41, 5.74) is 0.750. The number of anilines is 2. The molecule has 1 aliphatic rings. The second-order valence-electron chi connectivity index (χ2n) is 4.53. The van der Waals surface area contributed by atoms with Gasteiger partial charge in [-0.15, -0.1) is 5.10 Å². The Bertz CT molecular complexity index is 921. The first-order valence-corrected chi connectivity index (χ1v) is 6.16. The molecule has 0 fully saturated rings. The zero-order chi connectivity index (χ0) is 13.7. The maximum atomic E-state index is 11.8. The number of imidazole rings is 1. The molecule has 2 aromatic heterocycles. The van der Waals surface area contributed by atoms with E-state index in [0.717, 1.165) is 17.6 Å². The molecule has 8 nitrogen and oxygen atoms in total. The van der Waals surface area contributed by atoms with Crippen molar-refractivity contribution in [2.45, 2.75) is 6.54 Å². The summed E-state index contributed by atoms with van der Waals surface area (Å²) >= 11 is 0. The van der Waals surface area contributed by atoms with Gasteiger partial charge in [0.1, 0.15) is 0 Å². The topological polar surface area (TPSA) is 99.7 Å². The van der Waals surface area contributed by atoms with Crippen LogP contribution in [0.1, 0.15) is 0 Å². The molecule has 0 aliphatic carbocycles. The van der Waals surface area contributed by atoms with Gasteiger partial charge in [0.15, 0.2) is 0 Å². The zero-order valence-electron chi connectivity index (χ0n) is 10.3. The molecule has 3 heterocycles. The molecule has 0 spiro atoms. The van der Waals surface area contributed by atoms with E-state index in [0.29, 0.717) is 12.5 Å². The van der Waals surface area contributed by atoms with E-state index in [2.05, 4.69) is 20.2 Å². The van der Waals surface area contributed by atoms with E-state index in [-0.39, 0.29) is 5.82 Å². The minimum Gasteiger partial charge on any atom is -0.308 e. The maximum Gasteiger partial charge on any atom is 0.342 e. The molecule has 0 saturated heterocycles. The third kappa shape index (κ3) is 1.41. The highest BCUT2D eigenvalue weighted by Gasteiger charge is 2.27. The summed E-state index contributed by atoms with van der Waals surface area (Å²) in [5, 5.41) is 6.06. The standard InChI is InChI=1S/C12H10N6O2/c19-10-9(15-16-11(20)14-10)18-6-5-17-8-4-2-1-3-7(8)13-12(17)18/h1-4H,5-6H2,(H2,14,16,19,20). The summed E-state index contributed by atoms with van der Waals surface area (Å²) in [4.78, 5) is 31.3. The van der Waals surface area contributed by atoms with Crippen LogP contribution in [0.3, 0.4) is 0 Å². The number of nitrogens with one attached hydrogen (secondary N) is 2. The number of hydrogen-bond donors (Lipinski definition) is 2. The van der Waals surface area contributed by atoms with Crippen LogP contribution in [0.2, 0.25) is 0 Å². The average Bonchev–Trinajstić information content (AvgIpc) is 2.98. The van der Waals surface area contributed by atoms with E-state index in [1.807, 2.05) is 28.8 Å². The van der Waals surface area contributed by atoms with E-state index in [9.17, 15) is 9.59 Å². The molecule has 0 bridgehead atoms. The molecule has 0 radical (unpaired) electrons. The Balaban J connectivity index is 1.92. The molecular formula is C12H10N6O2. The Morgan fingerprint density at radius 1 is 1.15 bits per heavy atom. The number of aromatic nitrogens is 5. The summed E-state index contributed by atoms with van der Waals surface area (Å²) in [6.45, 7) is 1.31. The molecule has 0 atom stereocenters. The van der Waals surface area contributed by atoms with E-state index in [4.69, 9.17) is 0 Å². The number of aromatic amines is 2. The van der Waals surface area contributed by atoms with Gasteiger partial charge in [-0.3, -0.25) is 14.7 Å². The molecule has 1 aliphatic heterocycles. The third-order valence-electron chi connectivity index (χ3n) is 3.37. The zero-order valence-corrected chi connectivity index (χ0v) is 10.3. The van der Waals surface area contributed by atoms with Crippen LogP contribution in [0.4, 0.5) is 11.8 Å². The normalized spacial score (nSPS) is 13.9. The highest BCUT2D eigenvalue weighted by atomic mass is 16.2. The lowest BCUT2D eigenvalue weighted by atomic mass is 10.3. The molecule has 20 heavy (non-hydrogen) atoms. The van der Waals surface area contributed by atoms with Gasteiger partial charge in [0.05, 0.1) is 11.0 Å². The average molecular weight is 270 g/mol. The molecule has 1 aromatic carbocycles. The second kappa shape index (κ2) is 3.80. The lowest BCUT2D eigenvalue weighted by Gasteiger charge is -2.12. The minimum absolute atomic E-state index is 0.152. The van der Waals surface area contributed by atoms with E-state index < -0.39 is 11.2 Å². The number of benzene rings is 1. The van der Waals surface area contributed by atoms with Crippen LogP contribution in [0, 0.1) is 0 Å². The van der Waals surface area contributed by atoms with Gasteiger partial charge in [-0.05, 0) is 12.1 Å². The monoisotopic (exact) mass is 270 g/mol. The number of rotatable bonds is 1. The Hall–Kier alpha value is -2.90. The molecule has 2 N–H and O–H groups in total. The van der Waals surface area contributed by atoms with Crippen molar-refractivity contribution in [1.29, 1.82) is 0 Å². The Morgan fingerprint density at radius 3 is 2.85 bits per heavy atom. The summed E-state index contributed by atoms with van der Waals surface area (Å²) in [5.74, 6) is 0.815. The smallest absolute Gasteiger partial charge is 0.308 e. The fraction of sp³-hybridized carbons (Fsp3) is 0.167. The number of H-pyrrole nitrogens is 2. The van der Waals surface area contributed by atoms with Gasteiger partial charge in [-0.25, -0.2) is 14.9 Å². The molecular weight excluding hydrogens is 260 g/mol. The number of para-hydroxylation sites is 2. The van der Waals surface area contributed by atoms with Gasteiger partial charge in [0, 0.05) is 13.1 Å². The van der Waals surface area contributed by atoms with Gasteiger partial charge in [0.2, 0.25) is 11.8 Å². The highest BCUT2D eigenvalue weighted by molar-refractivity contribution is 5.80. The maximum absolute atomic E-state index is 11.8. The Labute approximate surface area is 111 Å². The van der Waals surface area contributed by atoms with E-state index >= 15 is 0 Å². The van der Waals surface area contributed by atoms with Gasteiger partial charge in [-0.2, -0.15) is 0 Å². The van der Waals surface area contributed by atoms with Crippen molar-refractivity contribution < 1.29 is 0 Å². The van der Waals surface area contributed by atoms with Crippen molar-refractivity contribution in [2.75, 3.05) is 11.4 Å². The summed E-state index contributed by atoms with van der Waals surface area (Å²) in [6.07, 6.45) is 0. The minimum atomic E-state index is -0.619. The lowest BCUT2D eigenvalue weighted by Crippen LogP contribution is -2.31. The van der Waals surface area contributed by atoms with Crippen LogP contribution in [0.25, 0.3) is 11.0 Å². The quantitative estimate of drug-likeness (QED) is 0.646. The van der Waals surface area contributed by atoms with Crippen LogP contribution in [0.5, 0.6) is 0 Å². The van der Waals surface area contributed by atoms with Gasteiger partial charge < -0.3 is 4.57 Å². The molecule has 8 heteroatoms. The van der Waals surface area contributed by atoms with Gasteiger partial charge in [-0.1, -0.05) is 12.1 Å². The molecule has 0 saturated carbocycles. The fourth-order valence-electron chi connectivity index (χ4n) is 2.51. The fourth-order valence-corrected chi connectivity index (χ4v) is 2.51. The van der Waals surface area contributed by atoms with Crippen LogP contribution in [-0.4, -0.2) is 31.3 Å². The van der Waals surface area contributed by atoms with Crippen molar-refractivity contribution in [3.8, 4) is 0 Å². The largest absolute Gasteiger partial charge is 0.342 e. The first-order chi connectivity index (χ1) is 9.74. The van der Waals surface area contributed by atoms with Crippen molar-refractivity contribution in [3.05, 3.63) is 45.1 Å². The van der Waals surface area contributed by atoms with Crippen LogP contribution in [-0.2, 0) is 6.54 Å². The Kier molecular flexibility index (Phi) is 2.08. The molecule has 0 amide bonds. The van der Waals surface area contributed by atoms with Crippen molar-refractivity contribution in [1.82, 2.24) is 24.7 Å². The molecule has 0 unspecified atom stereocenters. The number of hydrogen-bond acceptors (Lipinski definition) is 5. The van der Waals surface area contributed by atoms with Gasteiger partial charge in [0.25, 0.3) is 5.56 Å². The molecule has 3 aromatic rings. The first-order valence-electron chi connectivity index (χ1n) is 6.16. The first kappa shape index (κ1) is 11.0. The van der Waals surface area contributed by atoms with Crippen LogP contribution < -0.4 is 16.1 Å². The van der Waals surface area contributed by atoms with Crippen LogP contribution >= 0.6 is 0 Å². The summed E-state index contributed by atoms with van der Waals surface area (Å²) < 4.78 is 2.03. The number of nitrogens with zero attached hydrogens (tertiary/aromatic N) is 4. The predicted octanol–water partition coefficient (Wildman–Crippen LogP) is -0.0404. The lowest BCUT2D eigenvalue weighted by molar-refractivity contribution is 0.808. The van der Waals surface area contributed by atoms with Crippen molar-refractivity contribution in [3.63, 3.8) is 0 Å².